The van der Waals surface area contributed by atoms with Gasteiger partial charge in [-0.05, 0) is 62.0 Å². The number of nitrogens with one attached hydrogen (secondary N) is 1. The summed E-state index contributed by atoms with van der Waals surface area (Å²) in [4.78, 5) is 6.63. The van der Waals surface area contributed by atoms with E-state index in [1.807, 2.05) is 43.4 Å². The Kier molecular flexibility index (Phi) is 4.36. The van der Waals surface area contributed by atoms with E-state index in [1.165, 1.54) is 5.56 Å². The van der Waals surface area contributed by atoms with Crippen LogP contribution in [0.2, 0.25) is 0 Å². The number of aromatic hydroxyl groups is 1. The largest absolute Gasteiger partial charge is 0.506 e. The van der Waals surface area contributed by atoms with Crippen molar-refractivity contribution in [2.45, 2.75) is 25.9 Å². The van der Waals surface area contributed by atoms with Crippen molar-refractivity contribution < 1.29 is 5.11 Å². The van der Waals surface area contributed by atoms with Gasteiger partial charge in [-0.15, -0.1) is 0 Å². The number of benzene rings is 1. The second-order valence-corrected chi connectivity index (χ2v) is 7.27. The molecule has 3 aromatic rings. The number of pyridine rings is 1. The van der Waals surface area contributed by atoms with Crippen molar-refractivity contribution in [1.82, 2.24) is 19.8 Å². The average Bonchev–Trinajstić information content (AvgIpc) is 3.12. The van der Waals surface area contributed by atoms with Gasteiger partial charge in [-0.25, -0.2) is 0 Å². The zero-order chi connectivity index (χ0) is 19.1. The van der Waals surface area contributed by atoms with Crippen molar-refractivity contribution in [2.75, 3.05) is 7.05 Å². The van der Waals surface area contributed by atoms with Crippen LogP contribution < -0.4 is 5.32 Å². The van der Waals surface area contributed by atoms with Crippen LogP contribution in [0.25, 0.3) is 5.69 Å². The van der Waals surface area contributed by atoms with Crippen LogP contribution in [0.15, 0.2) is 54.7 Å². The minimum absolute atomic E-state index is 0.0259. The van der Waals surface area contributed by atoms with Crippen LogP contribution in [0, 0.1) is 13.8 Å². The van der Waals surface area contributed by atoms with Gasteiger partial charge < -0.3 is 19.9 Å². The predicted octanol–water partition coefficient (Wildman–Crippen LogP) is 3.80. The SMILES string of the molecule is Cc1cc([C@H]2[C@@H](c3ccccn3)NC(=S)N2C)c(C)n1-c1ccccc1O. The van der Waals surface area contributed by atoms with Crippen LogP contribution in [0.1, 0.15) is 34.7 Å². The van der Waals surface area contributed by atoms with Crippen LogP contribution in [-0.2, 0) is 0 Å². The van der Waals surface area contributed by atoms with Crippen molar-refractivity contribution >= 4 is 17.3 Å². The van der Waals surface area contributed by atoms with Crippen LogP contribution in [0.4, 0.5) is 0 Å². The number of hydrogen-bond donors (Lipinski definition) is 2. The Balaban J connectivity index is 1.84. The number of aryl methyl sites for hydroxylation is 1. The van der Waals surface area contributed by atoms with Gasteiger partial charge in [0.25, 0.3) is 0 Å². The highest BCUT2D eigenvalue weighted by atomic mass is 32.1. The van der Waals surface area contributed by atoms with E-state index in [4.69, 9.17) is 12.2 Å². The summed E-state index contributed by atoms with van der Waals surface area (Å²) in [6.07, 6.45) is 1.81. The zero-order valence-electron chi connectivity index (χ0n) is 15.5. The van der Waals surface area contributed by atoms with Gasteiger partial charge in [0.05, 0.1) is 23.5 Å². The molecule has 4 rings (SSSR count). The normalized spacial score (nSPS) is 19.4. The molecule has 0 radical (unpaired) electrons. The first kappa shape index (κ1) is 17.5. The van der Waals surface area contributed by atoms with Gasteiger partial charge >= 0.3 is 0 Å². The topological polar surface area (TPSA) is 53.3 Å². The lowest BCUT2D eigenvalue weighted by atomic mass is 9.97. The zero-order valence-corrected chi connectivity index (χ0v) is 16.4. The molecule has 2 aromatic heterocycles. The van der Waals surface area contributed by atoms with E-state index < -0.39 is 0 Å². The van der Waals surface area contributed by atoms with Gasteiger partial charge in [0.15, 0.2) is 5.11 Å². The van der Waals surface area contributed by atoms with Crippen LogP contribution >= 0.6 is 12.2 Å². The van der Waals surface area contributed by atoms with Crippen molar-refractivity contribution in [1.29, 1.82) is 0 Å². The maximum Gasteiger partial charge on any atom is 0.169 e. The molecule has 0 spiro atoms. The molecule has 1 fully saturated rings. The lowest BCUT2D eigenvalue weighted by Gasteiger charge is -2.24. The fourth-order valence-corrected chi connectivity index (χ4v) is 4.20. The Bertz CT molecular complexity index is 999. The number of thiocarbonyl (C=S) groups is 1. The van der Waals surface area contributed by atoms with Crippen LogP contribution in [0.5, 0.6) is 5.75 Å². The highest BCUT2D eigenvalue weighted by molar-refractivity contribution is 7.80. The van der Waals surface area contributed by atoms with E-state index in [0.717, 1.165) is 22.8 Å². The molecule has 0 amide bonds. The molecule has 1 aromatic carbocycles. The van der Waals surface area contributed by atoms with E-state index in [2.05, 4.69) is 39.7 Å². The predicted molar refractivity (Wildman–Crippen MR) is 110 cm³/mol. The van der Waals surface area contributed by atoms with Gasteiger partial charge in [0.2, 0.25) is 0 Å². The molecule has 1 aliphatic rings. The molecule has 0 bridgehead atoms. The third kappa shape index (κ3) is 2.86. The molecule has 1 saturated heterocycles. The highest BCUT2D eigenvalue weighted by Gasteiger charge is 2.39. The van der Waals surface area contributed by atoms with Crippen molar-refractivity contribution in [3.8, 4) is 11.4 Å². The Morgan fingerprint density at radius 2 is 1.85 bits per heavy atom. The number of nitrogens with zero attached hydrogens (tertiary/aromatic N) is 3. The van der Waals surface area contributed by atoms with Gasteiger partial charge in [0, 0.05) is 24.6 Å². The number of likely N-dealkylation sites (N-methyl/N-ethyl adjacent to an activating group) is 1. The average molecular weight is 379 g/mol. The van der Waals surface area contributed by atoms with E-state index >= 15 is 0 Å². The Labute approximate surface area is 164 Å². The third-order valence-corrected chi connectivity index (χ3v) is 5.66. The Morgan fingerprint density at radius 1 is 1.11 bits per heavy atom. The molecule has 0 saturated carbocycles. The molecule has 2 N–H and O–H groups in total. The first-order chi connectivity index (χ1) is 13.0. The minimum atomic E-state index is -0.0259. The second-order valence-electron chi connectivity index (χ2n) is 6.89. The summed E-state index contributed by atoms with van der Waals surface area (Å²) in [5, 5.41) is 14.5. The Morgan fingerprint density at radius 3 is 2.56 bits per heavy atom. The van der Waals surface area contributed by atoms with Gasteiger partial charge in [-0.2, -0.15) is 0 Å². The summed E-state index contributed by atoms with van der Waals surface area (Å²) < 4.78 is 2.09. The second kappa shape index (κ2) is 6.70. The maximum atomic E-state index is 10.3. The molecule has 0 unspecified atom stereocenters. The fraction of sp³-hybridized carbons (Fsp3) is 0.238. The first-order valence-electron chi connectivity index (χ1n) is 8.90. The first-order valence-corrected chi connectivity index (χ1v) is 9.31. The molecular formula is C21H22N4OS. The van der Waals surface area contributed by atoms with Crippen molar-refractivity contribution in [2.24, 2.45) is 0 Å². The van der Waals surface area contributed by atoms with E-state index in [9.17, 15) is 5.11 Å². The lowest BCUT2D eigenvalue weighted by molar-refractivity contribution is 0.367. The number of hydrogen-bond acceptors (Lipinski definition) is 3. The molecular weight excluding hydrogens is 356 g/mol. The maximum absolute atomic E-state index is 10.3. The van der Waals surface area contributed by atoms with Crippen molar-refractivity contribution in [3.63, 3.8) is 0 Å². The van der Waals surface area contributed by atoms with Gasteiger partial charge in [0.1, 0.15) is 5.75 Å². The summed E-state index contributed by atoms with van der Waals surface area (Å²) in [7, 11) is 2.01. The summed E-state index contributed by atoms with van der Waals surface area (Å²) in [6, 6.07) is 15.5. The monoisotopic (exact) mass is 378 g/mol. The number of phenols is 1. The molecule has 6 heteroatoms. The number of phenolic OH excluding ortho intramolecular Hbond substituents is 1. The van der Waals surface area contributed by atoms with Crippen molar-refractivity contribution in [3.05, 3.63) is 77.4 Å². The molecule has 5 nitrogen and oxygen atoms in total. The smallest absolute Gasteiger partial charge is 0.169 e. The van der Waals surface area contributed by atoms with E-state index in [0.29, 0.717) is 5.11 Å². The molecule has 3 heterocycles. The van der Waals surface area contributed by atoms with Crippen LogP contribution in [0.3, 0.4) is 0 Å². The number of para-hydroxylation sites is 2. The minimum Gasteiger partial charge on any atom is -0.506 e. The summed E-state index contributed by atoms with van der Waals surface area (Å²) >= 11 is 5.53. The lowest BCUT2D eigenvalue weighted by Crippen LogP contribution is -2.25. The Hall–Kier alpha value is -2.86. The molecule has 138 valence electrons. The highest BCUT2D eigenvalue weighted by Crippen LogP contribution is 2.40. The summed E-state index contributed by atoms with van der Waals surface area (Å²) in [5.41, 5.74) is 5.06. The van der Waals surface area contributed by atoms with Gasteiger partial charge in [-0.1, -0.05) is 18.2 Å². The summed E-state index contributed by atoms with van der Waals surface area (Å²) in [5.74, 6) is 0.264. The molecule has 1 aliphatic heterocycles. The molecule has 0 aliphatic carbocycles. The molecule has 2 atom stereocenters. The van der Waals surface area contributed by atoms with Crippen LogP contribution in [-0.4, -0.2) is 31.7 Å². The number of aromatic nitrogens is 2. The summed E-state index contributed by atoms with van der Waals surface area (Å²) in [6.45, 7) is 4.14. The van der Waals surface area contributed by atoms with Gasteiger partial charge in [-0.3, -0.25) is 4.98 Å². The quantitative estimate of drug-likeness (QED) is 0.679. The number of rotatable bonds is 3. The third-order valence-electron chi connectivity index (χ3n) is 5.25. The van der Waals surface area contributed by atoms with E-state index in [1.54, 1.807) is 12.3 Å². The fourth-order valence-electron chi connectivity index (χ4n) is 3.96. The standard InChI is InChI=1S/C21H22N4OS/c1-13-12-15(14(2)25(13)17-9-4-5-10-18(17)26)20-19(23-21(27)24(20)3)16-8-6-7-11-22-16/h4-12,19-20,26H,1-3H3,(H,23,27)/t19-,20+/m1/s1. The van der Waals surface area contributed by atoms with E-state index in [-0.39, 0.29) is 17.8 Å². The molecule has 27 heavy (non-hydrogen) atoms.